The SMILES string of the molecule is COCCOCCOCCOCCNC(=O)C1CCCCN(Cc2ccc(-c3cc4nccc(Oc5ccc(NC(=O)NC6CC6)cc5F)c4s3)nc2)CC1. The fourth-order valence-corrected chi connectivity index (χ4v) is 7.26. The molecule has 4 aromatic rings. The number of rotatable bonds is 20. The van der Waals surface area contributed by atoms with E-state index in [1.54, 1.807) is 25.4 Å². The largest absolute Gasteiger partial charge is 0.453 e. The van der Waals surface area contributed by atoms with Gasteiger partial charge in [-0.2, -0.15) is 0 Å². The molecule has 1 atom stereocenters. The smallest absolute Gasteiger partial charge is 0.319 e. The number of benzene rings is 1. The Labute approximate surface area is 325 Å². The maximum atomic E-state index is 15.0. The highest BCUT2D eigenvalue weighted by Gasteiger charge is 2.24. The number of amides is 3. The minimum absolute atomic E-state index is 0.0159. The maximum absolute atomic E-state index is 15.0. The van der Waals surface area contributed by atoms with Gasteiger partial charge in [-0.25, -0.2) is 9.18 Å². The first-order valence-electron chi connectivity index (χ1n) is 19.1. The van der Waals surface area contributed by atoms with Crippen LogP contribution in [0.5, 0.6) is 11.5 Å². The Morgan fingerprint density at radius 1 is 0.873 bits per heavy atom. The molecule has 15 heteroatoms. The molecule has 4 heterocycles. The van der Waals surface area contributed by atoms with Crippen molar-refractivity contribution in [2.45, 2.75) is 51.1 Å². The number of fused-ring (bicyclic) bond motifs is 1. The number of urea groups is 1. The number of aromatic nitrogens is 2. The average molecular weight is 779 g/mol. The molecule has 1 aliphatic carbocycles. The molecule has 3 aromatic heterocycles. The molecular formula is C40H51FN6O7S. The van der Waals surface area contributed by atoms with E-state index in [0.717, 1.165) is 84.5 Å². The molecule has 0 spiro atoms. The molecule has 13 nitrogen and oxygen atoms in total. The predicted octanol–water partition coefficient (Wildman–Crippen LogP) is 6.38. The molecule has 0 bridgehead atoms. The molecule has 55 heavy (non-hydrogen) atoms. The van der Waals surface area contributed by atoms with E-state index >= 15 is 4.39 Å². The number of thiophene rings is 1. The van der Waals surface area contributed by atoms with Crippen molar-refractivity contribution in [2.75, 3.05) is 78.3 Å². The number of nitrogens with zero attached hydrogens (tertiary/aromatic N) is 3. The highest BCUT2D eigenvalue weighted by Crippen LogP contribution is 2.39. The van der Waals surface area contributed by atoms with Gasteiger partial charge >= 0.3 is 6.03 Å². The number of hydrogen-bond donors (Lipinski definition) is 3. The fraction of sp³-hybridized carbons (Fsp3) is 0.500. The first-order valence-corrected chi connectivity index (χ1v) is 19.9. The Kier molecular flexibility index (Phi) is 15.5. The van der Waals surface area contributed by atoms with E-state index in [4.69, 9.17) is 28.7 Å². The summed E-state index contributed by atoms with van der Waals surface area (Å²) < 4.78 is 43.2. The van der Waals surface area contributed by atoms with E-state index in [2.05, 4.69) is 31.9 Å². The average Bonchev–Trinajstić information content (AvgIpc) is 3.87. The van der Waals surface area contributed by atoms with Gasteiger partial charge in [-0.3, -0.25) is 19.7 Å². The van der Waals surface area contributed by atoms with Crippen LogP contribution in [0.1, 0.15) is 44.1 Å². The second-order valence-corrected chi connectivity index (χ2v) is 14.7. The summed E-state index contributed by atoms with van der Waals surface area (Å²) in [6.07, 6.45) is 9.23. The lowest BCUT2D eigenvalue weighted by Gasteiger charge is -2.28. The number of anilines is 1. The van der Waals surface area contributed by atoms with Crippen LogP contribution in [0.2, 0.25) is 0 Å². The van der Waals surface area contributed by atoms with Gasteiger partial charge in [0.15, 0.2) is 11.6 Å². The lowest BCUT2D eigenvalue weighted by molar-refractivity contribution is -0.126. The summed E-state index contributed by atoms with van der Waals surface area (Å²) in [5.74, 6) is 0.0284. The van der Waals surface area contributed by atoms with Crippen molar-refractivity contribution in [2.24, 2.45) is 5.92 Å². The van der Waals surface area contributed by atoms with Crippen LogP contribution < -0.4 is 20.7 Å². The van der Waals surface area contributed by atoms with Crippen molar-refractivity contribution < 1.29 is 37.7 Å². The topological polar surface area (TPSA) is 145 Å². The molecule has 3 N–H and O–H groups in total. The van der Waals surface area contributed by atoms with Crippen molar-refractivity contribution in [3.05, 3.63) is 66.2 Å². The second kappa shape index (κ2) is 21.2. The zero-order chi connectivity index (χ0) is 38.2. The van der Waals surface area contributed by atoms with Gasteiger partial charge in [0.1, 0.15) is 5.75 Å². The Morgan fingerprint density at radius 2 is 1.67 bits per heavy atom. The number of halogens is 1. The third-order valence-corrected chi connectivity index (χ3v) is 10.5. The van der Waals surface area contributed by atoms with E-state index < -0.39 is 5.82 Å². The molecule has 1 saturated heterocycles. The molecular weight excluding hydrogens is 728 g/mol. The van der Waals surface area contributed by atoms with Gasteiger partial charge in [-0.05, 0) is 75.0 Å². The summed E-state index contributed by atoms with van der Waals surface area (Å²) in [6.45, 7) is 6.63. The standard InChI is InChI=1S/C40H51FN6O7S/c1-50-18-19-52-22-23-53-21-20-51-17-14-43-39(48)29-4-2-3-15-47(16-12-29)27-28-5-9-33(44-26-28)37-25-34-38(55-37)36(11-13-42-34)54-35-10-8-31(24-32(35)41)46-40(49)45-30-6-7-30/h5,8-11,13,24-26,29-30H,2-4,6-7,12,14-23,27H2,1H3,(H,43,48)(H2,45,46,49). The van der Waals surface area contributed by atoms with E-state index in [-0.39, 0.29) is 29.6 Å². The second-order valence-electron chi connectivity index (χ2n) is 13.7. The number of carbonyl (C=O) groups excluding carboxylic acids is 2. The van der Waals surface area contributed by atoms with Crippen LogP contribution in [-0.4, -0.2) is 106 Å². The first-order chi connectivity index (χ1) is 26.9. The van der Waals surface area contributed by atoms with Gasteiger partial charge in [0, 0.05) is 62.4 Å². The summed E-state index contributed by atoms with van der Waals surface area (Å²) in [5, 5.41) is 8.54. The normalized spacial score (nSPS) is 16.4. The quantitative estimate of drug-likeness (QED) is 0.0865. The molecule has 1 aliphatic heterocycles. The predicted molar refractivity (Wildman–Crippen MR) is 209 cm³/mol. The monoisotopic (exact) mass is 778 g/mol. The summed E-state index contributed by atoms with van der Waals surface area (Å²) in [4.78, 5) is 37.6. The van der Waals surface area contributed by atoms with Crippen molar-refractivity contribution >= 4 is 39.2 Å². The molecule has 1 aromatic carbocycles. The van der Waals surface area contributed by atoms with Crippen molar-refractivity contribution in [3.63, 3.8) is 0 Å². The van der Waals surface area contributed by atoms with Crippen molar-refractivity contribution in [1.82, 2.24) is 25.5 Å². The minimum atomic E-state index is -0.585. The van der Waals surface area contributed by atoms with Gasteiger partial charge in [0.25, 0.3) is 0 Å². The zero-order valence-electron chi connectivity index (χ0n) is 31.4. The molecule has 3 amide bonds. The Bertz CT molecular complexity index is 1830. The highest BCUT2D eigenvalue weighted by atomic mass is 32.1. The van der Waals surface area contributed by atoms with Gasteiger partial charge < -0.3 is 39.6 Å². The third-order valence-electron chi connectivity index (χ3n) is 9.34. The van der Waals surface area contributed by atoms with Crippen LogP contribution in [0.15, 0.2) is 54.9 Å². The van der Waals surface area contributed by atoms with Crippen LogP contribution in [-0.2, 0) is 30.3 Å². The molecule has 2 aliphatic rings. The zero-order valence-corrected chi connectivity index (χ0v) is 32.2. The summed E-state index contributed by atoms with van der Waals surface area (Å²) in [7, 11) is 1.64. The maximum Gasteiger partial charge on any atom is 0.319 e. The van der Waals surface area contributed by atoms with Gasteiger partial charge in [0.05, 0.1) is 67.0 Å². The Morgan fingerprint density at radius 3 is 2.42 bits per heavy atom. The van der Waals surface area contributed by atoms with E-state index in [9.17, 15) is 9.59 Å². The van der Waals surface area contributed by atoms with E-state index in [1.807, 2.05) is 18.3 Å². The highest BCUT2D eigenvalue weighted by molar-refractivity contribution is 7.22. The number of nitrogens with one attached hydrogen (secondary N) is 3. The van der Waals surface area contributed by atoms with Crippen LogP contribution in [0.3, 0.4) is 0 Å². The summed E-state index contributed by atoms with van der Waals surface area (Å²) >= 11 is 1.48. The molecule has 1 unspecified atom stereocenters. The van der Waals surface area contributed by atoms with Crippen molar-refractivity contribution in [3.8, 4) is 22.1 Å². The molecule has 2 fully saturated rings. The number of likely N-dealkylation sites (tertiary alicyclic amines) is 1. The van der Waals surface area contributed by atoms with Crippen LogP contribution in [0.4, 0.5) is 14.9 Å². The number of pyridine rings is 2. The number of carbonyl (C=O) groups is 2. The number of ether oxygens (including phenoxy) is 5. The molecule has 296 valence electrons. The van der Waals surface area contributed by atoms with E-state index in [0.29, 0.717) is 64.2 Å². The van der Waals surface area contributed by atoms with Crippen LogP contribution in [0, 0.1) is 11.7 Å². The minimum Gasteiger partial charge on any atom is -0.453 e. The van der Waals surface area contributed by atoms with Crippen LogP contribution >= 0.6 is 11.3 Å². The summed E-state index contributed by atoms with van der Waals surface area (Å²) in [6, 6.07) is 12.0. The van der Waals surface area contributed by atoms with E-state index in [1.165, 1.54) is 23.5 Å². The number of hydrogen-bond acceptors (Lipinski definition) is 11. The lowest BCUT2D eigenvalue weighted by atomic mass is 9.95. The van der Waals surface area contributed by atoms with Gasteiger partial charge in [-0.15, -0.1) is 11.3 Å². The Balaban J connectivity index is 0.941. The third kappa shape index (κ3) is 12.9. The molecule has 1 saturated carbocycles. The molecule has 0 radical (unpaired) electrons. The van der Waals surface area contributed by atoms with Gasteiger partial charge in [0.2, 0.25) is 5.91 Å². The summed E-state index contributed by atoms with van der Waals surface area (Å²) in [5.41, 5.74) is 2.99. The van der Waals surface area contributed by atoms with Crippen LogP contribution in [0.25, 0.3) is 20.8 Å². The van der Waals surface area contributed by atoms with Gasteiger partial charge in [-0.1, -0.05) is 12.5 Å². The fourth-order valence-electron chi connectivity index (χ4n) is 6.22. The molecule has 6 rings (SSSR count). The Hall–Kier alpha value is -4.25. The number of methoxy groups -OCH3 is 1. The lowest BCUT2D eigenvalue weighted by Crippen LogP contribution is -2.37. The van der Waals surface area contributed by atoms with Crippen molar-refractivity contribution in [1.29, 1.82) is 0 Å². The first kappa shape index (κ1) is 40.4.